The Hall–Kier alpha value is -1.87. The van der Waals surface area contributed by atoms with E-state index in [4.69, 9.17) is 4.74 Å². The van der Waals surface area contributed by atoms with E-state index < -0.39 is 53.0 Å². The molecule has 0 spiro atoms. The first kappa shape index (κ1) is 19.9. The molecule has 1 saturated heterocycles. The third kappa shape index (κ3) is 2.34. The summed E-state index contributed by atoms with van der Waals surface area (Å²) in [6, 6.07) is -1.20. The summed E-state index contributed by atoms with van der Waals surface area (Å²) in [4.78, 5) is 12.4. The Morgan fingerprint density at radius 1 is 1.19 bits per heavy atom. The maximum absolute atomic E-state index is 13.9. The van der Waals surface area contributed by atoms with Crippen LogP contribution in [-0.2, 0) is 9.53 Å². The van der Waals surface area contributed by atoms with Crippen LogP contribution in [0.5, 0.6) is 0 Å². The van der Waals surface area contributed by atoms with Crippen LogP contribution in [0.3, 0.4) is 0 Å². The molecule has 3 aliphatic rings. The third-order valence-electron chi connectivity index (χ3n) is 5.91. The van der Waals surface area contributed by atoms with Gasteiger partial charge in [0.2, 0.25) is 0 Å². The summed E-state index contributed by atoms with van der Waals surface area (Å²) < 4.78 is 88.2. The van der Waals surface area contributed by atoms with Gasteiger partial charge >= 0.3 is 18.3 Å². The van der Waals surface area contributed by atoms with Gasteiger partial charge in [0.15, 0.2) is 11.2 Å². The van der Waals surface area contributed by atoms with E-state index in [2.05, 4.69) is 0 Å². The smallest absolute Gasteiger partial charge is 0.433 e. The van der Waals surface area contributed by atoms with E-state index in [0.717, 1.165) is 11.9 Å². The number of rotatable bonds is 2. The molecule has 0 unspecified atom stereocenters. The van der Waals surface area contributed by atoms with Crippen LogP contribution in [0.25, 0.3) is 0 Å². The first-order chi connectivity index (χ1) is 12.1. The fourth-order valence-corrected chi connectivity index (χ4v) is 4.29. The molecule has 0 radical (unpaired) electrons. The van der Waals surface area contributed by atoms with E-state index >= 15 is 0 Å². The normalized spacial score (nSPS) is 29.8. The van der Waals surface area contributed by atoms with Crippen LogP contribution >= 0.6 is 0 Å². The lowest BCUT2D eigenvalue weighted by atomic mass is 9.77. The average molecular weight is 398 g/mol. The monoisotopic (exact) mass is 398 g/mol. The molecule has 152 valence electrons. The van der Waals surface area contributed by atoms with E-state index in [1.54, 1.807) is 20.8 Å². The van der Waals surface area contributed by atoms with E-state index in [0.29, 0.717) is 5.57 Å². The summed E-state index contributed by atoms with van der Waals surface area (Å²) in [5, 5.41) is 1.25. The van der Waals surface area contributed by atoms with Crippen molar-refractivity contribution in [2.45, 2.75) is 65.0 Å². The minimum atomic E-state index is -5.15. The van der Waals surface area contributed by atoms with Crippen molar-refractivity contribution in [2.75, 3.05) is 6.61 Å². The van der Waals surface area contributed by atoms with Crippen LogP contribution in [0.15, 0.2) is 22.5 Å². The van der Waals surface area contributed by atoms with E-state index in [1.165, 1.54) is 6.92 Å². The molecule has 0 saturated carbocycles. The predicted octanol–water partition coefficient (Wildman–Crippen LogP) is 4.31. The Balaban J connectivity index is 2.35. The summed E-state index contributed by atoms with van der Waals surface area (Å²) in [6.45, 7) is 6.83. The number of carbonyl (C=O) groups is 1. The molecule has 0 aliphatic carbocycles. The van der Waals surface area contributed by atoms with Gasteiger partial charge in [-0.25, -0.2) is 4.79 Å². The van der Waals surface area contributed by atoms with Crippen molar-refractivity contribution in [3.63, 3.8) is 0 Å². The molecule has 27 heavy (non-hydrogen) atoms. The molecule has 0 aromatic rings. The SMILES string of the molecule is CCOC(=O)C1=C(C(F)(F)F)N2N3C(=C(C)C(C)(C)[C@@H]13)C[C@@]2(C)C(F)(F)F. The van der Waals surface area contributed by atoms with Crippen molar-refractivity contribution in [3.05, 3.63) is 22.5 Å². The van der Waals surface area contributed by atoms with Crippen LogP contribution in [0.4, 0.5) is 26.3 Å². The topological polar surface area (TPSA) is 32.8 Å². The number of carbonyl (C=O) groups excluding carboxylic acids is 1. The van der Waals surface area contributed by atoms with E-state index in [9.17, 15) is 31.1 Å². The fourth-order valence-electron chi connectivity index (χ4n) is 4.29. The largest absolute Gasteiger partial charge is 0.463 e. The summed E-state index contributed by atoms with van der Waals surface area (Å²) in [5.74, 6) is -1.24. The Labute approximate surface area is 152 Å². The molecular formula is C17H20F6N2O2. The van der Waals surface area contributed by atoms with Crippen molar-refractivity contribution >= 4 is 5.97 Å². The summed E-state index contributed by atoms with van der Waals surface area (Å²) >= 11 is 0. The van der Waals surface area contributed by atoms with Crippen LogP contribution in [0, 0.1) is 5.41 Å². The second kappa shape index (κ2) is 5.35. The van der Waals surface area contributed by atoms with Crippen LogP contribution in [0.1, 0.15) is 41.0 Å². The highest BCUT2D eigenvalue weighted by Crippen LogP contribution is 2.64. The zero-order valence-electron chi connectivity index (χ0n) is 15.5. The lowest BCUT2D eigenvalue weighted by molar-refractivity contribution is -0.245. The molecule has 3 aliphatic heterocycles. The molecule has 0 aromatic carbocycles. The average Bonchev–Trinajstić information content (AvgIpc) is 3.05. The van der Waals surface area contributed by atoms with Gasteiger partial charge in [0.1, 0.15) is 0 Å². The number of allylic oxidation sites excluding steroid dienone is 1. The van der Waals surface area contributed by atoms with Crippen molar-refractivity contribution in [1.82, 2.24) is 10.0 Å². The highest BCUT2D eigenvalue weighted by atomic mass is 19.4. The van der Waals surface area contributed by atoms with Crippen molar-refractivity contribution in [2.24, 2.45) is 5.41 Å². The number of esters is 1. The second-order valence-corrected chi connectivity index (χ2v) is 7.78. The molecule has 1 fully saturated rings. The van der Waals surface area contributed by atoms with Gasteiger partial charge in [-0.2, -0.15) is 26.3 Å². The highest BCUT2D eigenvalue weighted by Gasteiger charge is 2.73. The third-order valence-corrected chi connectivity index (χ3v) is 5.91. The van der Waals surface area contributed by atoms with Gasteiger partial charge in [-0.1, -0.05) is 13.8 Å². The molecule has 0 aromatic heterocycles. The molecule has 0 N–H and O–H groups in total. The lowest BCUT2D eigenvalue weighted by Gasteiger charge is -2.41. The molecule has 10 heteroatoms. The van der Waals surface area contributed by atoms with Crippen LogP contribution in [0.2, 0.25) is 0 Å². The Kier molecular flexibility index (Phi) is 3.94. The zero-order valence-corrected chi connectivity index (χ0v) is 15.5. The van der Waals surface area contributed by atoms with Crippen molar-refractivity contribution in [1.29, 1.82) is 0 Å². The lowest BCUT2D eigenvalue weighted by Crippen LogP contribution is -2.57. The summed E-state index contributed by atoms with van der Waals surface area (Å²) in [7, 11) is 0. The van der Waals surface area contributed by atoms with E-state index in [1.807, 2.05) is 0 Å². The summed E-state index contributed by atoms with van der Waals surface area (Å²) in [6.07, 6.45) is -10.7. The second-order valence-electron chi connectivity index (χ2n) is 7.78. The fraction of sp³-hybridized carbons (Fsp3) is 0.706. The molecular weight excluding hydrogens is 378 g/mol. The molecule has 0 amide bonds. The van der Waals surface area contributed by atoms with Gasteiger partial charge in [0, 0.05) is 17.5 Å². The number of ether oxygens (including phenoxy) is 1. The molecule has 4 nitrogen and oxygen atoms in total. The zero-order chi connectivity index (χ0) is 20.7. The first-order valence-corrected chi connectivity index (χ1v) is 8.45. The maximum Gasteiger partial charge on any atom is 0.433 e. The molecule has 2 atom stereocenters. The van der Waals surface area contributed by atoms with Gasteiger partial charge in [-0.3, -0.25) is 10.0 Å². The Bertz CT molecular complexity index is 764. The Morgan fingerprint density at radius 3 is 2.19 bits per heavy atom. The van der Waals surface area contributed by atoms with Crippen LogP contribution < -0.4 is 0 Å². The number of nitrogens with zero attached hydrogens (tertiary/aromatic N) is 2. The number of hydrogen-bond donors (Lipinski definition) is 0. The number of halogens is 6. The Morgan fingerprint density at radius 2 is 1.74 bits per heavy atom. The highest BCUT2D eigenvalue weighted by molar-refractivity contribution is 5.92. The quantitative estimate of drug-likeness (QED) is 0.513. The van der Waals surface area contributed by atoms with E-state index in [-0.39, 0.29) is 17.3 Å². The van der Waals surface area contributed by atoms with Crippen LogP contribution in [-0.4, -0.2) is 46.5 Å². The van der Waals surface area contributed by atoms with Gasteiger partial charge in [0.25, 0.3) is 0 Å². The van der Waals surface area contributed by atoms with Crippen molar-refractivity contribution in [3.8, 4) is 0 Å². The molecule has 3 rings (SSSR count). The number of alkyl halides is 6. The van der Waals surface area contributed by atoms with Gasteiger partial charge in [-0.05, 0) is 26.3 Å². The molecule has 0 bridgehead atoms. The first-order valence-electron chi connectivity index (χ1n) is 8.45. The minimum absolute atomic E-state index is 0.172. The van der Waals surface area contributed by atoms with Gasteiger partial charge in [0.05, 0.1) is 18.2 Å². The summed E-state index contributed by atoms with van der Waals surface area (Å²) in [5.41, 5.74) is -5.41. The predicted molar refractivity (Wildman–Crippen MR) is 82.7 cm³/mol. The van der Waals surface area contributed by atoms with Crippen molar-refractivity contribution < 1.29 is 35.9 Å². The standard InChI is InChI=1S/C17H20F6N2O2/c1-6-27-13(26)10-11-14(3,4)8(2)9-7-15(5,17(21,22)23)25(24(9)11)12(10)16(18,19)20/h11H,6-7H2,1-5H3/t11-,15+/m1/s1. The minimum Gasteiger partial charge on any atom is -0.463 e. The van der Waals surface area contributed by atoms with Gasteiger partial charge in [-0.15, -0.1) is 0 Å². The maximum atomic E-state index is 13.9. The molecule has 3 heterocycles. The number of hydrazine groups is 1. The number of hydrogen-bond acceptors (Lipinski definition) is 4. The van der Waals surface area contributed by atoms with Gasteiger partial charge < -0.3 is 4.74 Å².